The lowest BCUT2D eigenvalue weighted by Gasteiger charge is -2.21. The molecule has 0 saturated carbocycles. The van der Waals surface area contributed by atoms with Gasteiger partial charge >= 0.3 is 0 Å². The molecule has 0 radical (unpaired) electrons. The predicted molar refractivity (Wildman–Crippen MR) is 48.8 cm³/mol. The van der Waals surface area contributed by atoms with Crippen molar-refractivity contribution in [1.29, 1.82) is 0 Å². The van der Waals surface area contributed by atoms with E-state index < -0.39 is 0 Å². The van der Waals surface area contributed by atoms with Crippen molar-refractivity contribution in [2.75, 3.05) is 6.54 Å². The fourth-order valence-corrected chi connectivity index (χ4v) is 1.72. The number of hydrogen-bond donors (Lipinski definition) is 1. The van der Waals surface area contributed by atoms with Crippen LogP contribution < -0.4 is 5.73 Å². The van der Waals surface area contributed by atoms with Gasteiger partial charge in [0.05, 0.1) is 0 Å². The molecule has 1 aliphatic rings. The van der Waals surface area contributed by atoms with Crippen molar-refractivity contribution in [3.63, 3.8) is 0 Å². The smallest absolute Gasteiger partial charge is 0.240 e. The van der Waals surface area contributed by atoms with Crippen LogP contribution in [0.1, 0.15) is 32.6 Å². The SMILES string of the molecule is CCCC(=O)N1CCC[C@H]1C(N)=O. The molecule has 0 unspecified atom stereocenters. The first kappa shape index (κ1) is 10.0. The molecular formula is C9H16N2O2. The zero-order valence-corrected chi connectivity index (χ0v) is 7.95. The molecule has 0 aromatic rings. The molecule has 74 valence electrons. The second kappa shape index (κ2) is 4.25. The van der Waals surface area contributed by atoms with E-state index in [1.165, 1.54) is 0 Å². The van der Waals surface area contributed by atoms with Crippen LogP contribution in [0.15, 0.2) is 0 Å². The number of nitrogens with two attached hydrogens (primary N) is 1. The normalized spacial score (nSPS) is 21.9. The summed E-state index contributed by atoms with van der Waals surface area (Å²) in [5, 5.41) is 0. The van der Waals surface area contributed by atoms with E-state index >= 15 is 0 Å². The van der Waals surface area contributed by atoms with E-state index in [4.69, 9.17) is 5.73 Å². The summed E-state index contributed by atoms with van der Waals surface area (Å²) in [5.41, 5.74) is 5.19. The summed E-state index contributed by atoms with van der Waals surface area (Å²) in [5.74, 6) is -0.314. The Morgan fingerprint density at radius 1 is 1.54 bits per heavy atom. The largest absolute Gasteiger partial charge is 0.368 e. The standard InChI is InChI=1S/C9H16N2O2/c1-2-4-8(12)11-6-3-5-7(11)9(10)13/h7H,2-6H2,1H3,(H2,10,13)/t7-/m0/s1. The molecule has 0 spiro atoms. The Balaban J connectivity index is 2.57. The molecule has 0 aliphatic carbocycles. The van der Waals surface area contributed by atoms with Crippen LogP contribution in [0.5, 0.6) is 0 Å². The van der Waals surface area contributed by atoms with Gasteiger partial charge in [0.1, 0.15) is 6.04 Å². The second-order valence-electron chi connectivity index (χ2n) is 3.40. The second-order valence-corrected chi connectivity index (χ2v) is 3.40. The number of rotatable bonds is 3. The van der Waals surface area contributed by atoms with Crippen LogP contribution in [0, 0.1) is 0 Å². The third-order valence-electron chi connectivity index (χ3n) is 2.37. The highest BCUT2D eigenvalue weighted by atomic mass is 16.2. The van der Waals surface area contributed by atoms with Gasteiger partial charge in [0, 0.05) is 13.0 Å². The average Bonchev–Trinajstić information content (AvgIpc) is 2.52. The molecule has 4 nitrogen and oxygen atoms in total. The molecule has 1 rings (SSSR count). The summed E-state index contributed by atoms with van der Waals surface area (Å²) in [6, 6.07) is -0.348. The number of carbonyl (C=O) groups is 2. The Labute approximate surface area is 78.1 Å². The Bertz CT molecular complexity index is 216. The molecule has 1 atom stereocenters. The van der Waals surface area contributed by atoms with Gasteiger partial charge in [0.2, 0.25) is 11.8 Å². The minimum Gasteiger partial charge on any atom is -0.368 e. The maximum atomic E-state index is 11.5. The van der Waals surface area contributed by atoms with Crippen molar-refractivity contribution in [3.8, 4) is 0 Å². The Morgan fingerprint density at radius 3 is 2.77 bits per heavy atom. The molecule has 1 aliphatic heterocycles. The van der Waals surface area contributed by atoms with Gasteiger partial charge in [0.25, 0.3) is 0 Å². The molecule has 4 heteroatoms. The summed E-state index contributed by atoms with van der Waals surface area (Å²) in [4.78, 5) is 24.0. The zero-order chi connectivity index (χ0) is 9.84. The van der Waals surface area contributed by atoms with Crippen LogP contribution in [0.25, 0.3) is 0 Å². The number of primary amides is 1. The van der Waals surface area contributed by atoms with Gasteiger partial charge in [-0.1, -0.05) is 6.92 Å². The van der Waals surface area contributed by atoms with Gasteiger partial charge in [0.15, 0.2) is 0 Å². The van der Waals surface area contributed by atoms with Crippen LogP contribution in [0.3, 0.4) is 0 Å². The summed E-state index contributed by atoms with van der Waals surface area (Å²) < 4.78 is 0. The van der Waals surface area contributed by atoms with Gasteiger partial charge < -0.3 is 10.6 Å². The van der Waals surface area contributed by atoms with Gasteiger partial charge in [-0.2, -0.15) is 0 Å². The first-order chi connectivity index (χ1) is 6.16. The van der Waals surface area contributed by atoms with E-state index in [1.54, 1.807) is 4.90 Å². The topological polar surface area (TPSA) is 63.4 Å². The van der Waals surface area contributed by atoms with Crippen molar-refractivity contribution in [1.82, 2.24) is 4.90 Å². The Kier molecular flexibility index (Phi) is 3.28. The highest BCUT2D eigenvalue weighted by Gasteiger charge is 2.31. The van der Waals surface area contributed by atoms with E-state index in [-0.39, 0.29) is 17.9 Å². The summed E-state index contributed by atoms with van der Waals surface area (Å²) in [6.45, 7) is 2.64. The number of likely N-dealkylation sites (tertiary alicyclic amines) is 1. The molecular weight excluding hydrogens is 168 g/mol. The summed E-state index contributed by atoms with van der Waals surface area (Å²) in [6.07, 6.45) is 2.96. The van der Waals surface area contributed by atoms with Crippen LogP contribution in [0.2, 0.25) is 0 Å². The fourth-order valence-electron chi connectivity index (χ4n) is 1.72. The third kappa shape index (κ3) is 2.20. The minimum atomic E-state index is -0.373. The molecule has 2 N–H and O–H groups in total. The van der Waals surface area contributed by atoms with Crippen molar-refractivity contribution in [2.45, 2.75) is 38.6 Å². The predicted octanol–water partition coefficient (Wildman–Crippen LogP) is 0.263. The van der Waals surface area contributed by atoms with Crippen LogP contribution in [0.4, 0.5) is 0 Å². The van der Waals surface area contributed by atoms with E-state index in [0.717, 1.165) is 19.3 Å². The monoisotopic (exact) mass is 184 g/mol. The molecule has 13 heavy (non-hydrogen) atoms. The highest BCUT2D eigenvalue weighted by molar-refractivity contribution is 5.87. The quantitative estimate of drug-likeness (QED) is 0.684. The van der Waals surface area contributed by atoms with Crippen molar-refractivity contribution in [2.24, 2.45) is 5.73 Å². The molecule has 2 amide bonds. The van der Waals surface area contributed by atoms with Gasteiger partial charge in [-0.25, -0.2) is 0 Å². The van der Waals surface area contributed by atoms with E-state index in [2.05, 4.69) is 0 Å². The molecule has 1 fully saturated rings. The fraction of sp³-hybridized carbons (Fsp3) is 0.778. The average molecular weight is 184 g/mol. The van der Waals surface area contributed by atoms with E-state index in [9.17, 15) is 9.59 Å². The molecule has 0 aromatic carbocycles. The minimum absolute atomic E-state index is 0.0591. The number of amides is 2. The maximum Gasteiger partial charge on any atom is 0.240 e. The van der Waals surface area contributed by atoms with Crippen molar-refractivity contribution in [3.05, 3.63) is 0 Å². The Morgan fingerprint density at radius 2 is 2.23 bits per heavy atom. The summed E-state index contributed by atoms with van der Waals surface area (Å²) in [7, 11) is 0. The van der Waals surface area contributed by atoms with E-state index in [1.807, 2.05) is 6.92 Å². The first-order valence-corrected chi connectivity index (χ1v) is 4.75. The number of nitrogens with zero attached hydrogens (tertiary/aromatic N) is 1. The molecule has 0 aromatic heterocycles. The lowest BCUT2D eigenvalue weighted by Crippen LogP contribution is -2.43. The van der Waals surface area contributed by atoms with Gasteiger partial charge in [-0.15, -0.1) is 0 Å². The zero-order valence-electron chi connectivity index (χ0n) is 7.95. The molecule has 1 saturated heterocycles. The van der Waals surface area contributed by atoms with E-state index in [0.29, 0.717) is 13.0 Å². The van der Waals surface area contributed by atoms with Gasteiger partial charge in [-0.3, -0.25) is 9.59 Å². The third-order valence-corrected chi connectivity index (χ3v) is 2.37. The number of hydrogen-bond acceptors (Lipinski definition) is 2. The lowest BCUT2D eigenvalue weighted by atomic mass is 10.2. The first-order valence-electron chi connectivity index (χ1n) is 4.75. The molecule has 1 heterocycles. The maximum absolute atomic E-state index is 11.5. The summed E-state index contributed by atoms with van der Waals surface area (Å²) >= 11 is 0. The van der Waals surface area contributed by atoms with Crippen LogP contribution in [-0.2, 0) is 9.59 Å². The number of carbonyl (C=O) groups excluding carboxylic acids is 2. The highest BCUT2D eigenvalue weighted by Crippen LogP contribution is 2.18. The lowest BCUT2D eigenvalue weighted by molar-refractivity contribution is -0.137. The Hall–Kier alpha value is -1.06. The van der Waals surface area contributed by atoms with Crippen LogP contribution >= 0.6 is 0 Å². The van der Waals surface area contributed by atoms with Crippen LogP contribution in [-0.4, -0.2) is 29.3 Å². The molecule has 0 bridgehead atoms. The van der Waals surface area contributed by atoms with Crippen molar-refractivity contribution < 1.29 is 9.59 Å². The van der Waals surface area contributed by atoms with Crippen molar-refractivity contribution >= 4 is 11.8 Å². The van der Waals surface area contributed by atoms with Gasteiger partial charge in [-0.05, 0) is 19.3 Å².